The first-order valence-electron chi connectivity index (χ1n) is 5.24. The third-order valence-corrected chi connectivity index (χ3v) is 3.04. The fourth-order valence-electron chi connectivity index (χ4n) is 1.49. The summed E-state index contributed by atoms with van der Waals surface area (Å²) in [6, 6.07) is 7.94. The van der Waals surface area contributed by atoms with E-state index in [1.807, 2.05) is 24.3 Å². The molecule has 0 aliphatic heterocycles. The van der Waals surface area contributed by atoms with Crippen LogP contribution < -0.4 is 11.1 Å². The Morgan fingerprint density at radius 3 is 2.65 bits per heavy atom. The van der Waals surface area contributed by atoms with Crippen molar-refractivity contribution in [1.29, 1.82) is 0 Å². The molecule has 0 fully saturated rings. The predicted molar refractivity (Wildman–Crippen MR) is 72.6 cm³/mol. The zero-order valence-corrected chi connectivity index (χ0v) is 11.0. The summed E-state index contributed by atoms with van der Waals surface area (Å²) in [5.74, 6) is 0.782. The molecule has 3 N–H and O–H groups in total. The van der Waals surface area contributed by atoms with Crippen molar-refractivity contribution >= 4 is 27.4 Å². The third kappa shape index (κ3) is 2.94. The number of hydrogen-bond donors (Lipinski definition) is 2. The fraction of sp³-hybridized carbons (Fsp3) is 0.167. The Kier molecular flexibility index (Phi) is 3.58. The molecule has 0 aliphatic carbocycles. The van der Waals surface area contributed by atoms with Crippen LogP contribution in [0.4, 0.5) is 11.5 Å². The van der Waals surface area contributed by atoms with Crippen molar-refractivity contribution in [2.45, 2.75) is 13.0 Å². The minimum Gasteiger partial charge on any atom is -0.399 e. The molecule has 1 heterocycles. The van der Waals surface area contributed by atoms with Gasteiger partial charge in [-0.05, 0) is 40.5 Å². The molecule has 1 aromatic carbocycles. The lowest BCUT2D eigenvalue weighted by molar-refractivity contribution is 0.870. The van der Waals surface area contributed by atoms with Crippen molar-refractivity contribution in [3.63, 3.8) is 0 Å². The number of nitrogens with one attached hydrogen (secondary N) is 1. The van der Waals surface area contributed by atoms with Crippen LogP contribution in [0.3, 0.4) is 0 Å². The minimum absolute atomic E-state index is 0.154. The highest BCUT2D eigenvalue weighted by molar-refractivity contribution is 9.10. The van der Waals surface area contributed by atoms with Crippen LogP contribution in [-0.4, -0.2) is 9.97 Å². The van der Waals surface area contributed by atoms with Crippen LogP contribution in [-0.2, 0) is 0 Å². The topological polar surface area (TPSA) is 63.8 Å². The smallest absolute Gasteiger partial charge is 0.144 e. The molecule has 1 unspecified atom stereocenters. The normalized spacial score (nSPS) is 12.1. The summed E-state index contributed by atoms with van der Waals surface area (Å²) < 4.78 is 0.849. The highest BCUT2D eigenvalue weighted by Crippen LogP contribution is 2.23. The summed E-state index contributed by atoms with van der Waals surface area (Å²) in [6.45, 7) is 2.07. The van der Waals surface area contributed by atoms with Crippen LogP contribution >= 0.6 is 15.9 Å². The Balaban J connectivity index is 2.14. The van der Waals surface area contributed by atoms with Gasteiger partial charge in [-0.15, -0.1) is 0 Å². The van der Waals surface area contributed by atoms with Gasteiger partial charge in [-0.2, -0.15) is 0 Å². The molecular weight excluding hydrogens is 280 g/mol. The molecule has 2 aromatic rings. The zero-order valence-electron chi connectivity index (χ0n) is 9.39. The van der Waals surface area contributed by atoms with Crippen LogP contribution in [0.5, 0.6) is 0 Å². The van der Waals surface area contributed by atoms with E-state index in [-0.39, 0.29) is 6.04 Å². The Labute approximate surface area is 108 Å². The molecule has 0 bridgehead atoms. The summed E-state index contributed by atoms with van der Waals surface area (Å²) in [6.07, 6.45) is 3.23. The van der Waals surface area contributed by atoms with Crippen LogP contribution in [0.1, 0.15) is 18.5 Å². The van der Waals surface area contributed by atoms with E-state index >= 15 is 0 Å². The number of anilines is 2. The van der Waals surface area contributed by atoms with Crippen molar-refractivity contribution in [3.8, 4) is 0 Å². The van der Waals surface area contributed by atoms with Crippen LogP contribution in [0, 0.1) is 0 Å². The molecule has 88 valence electrons. The van der Waals surface area contributed by atoms with E-state index in [9.17, 15) is 0 Å². The summed E-state index contributed by atoms with van der Waals surface area (Å²) in [7, 11) is 0. The SMILES string of the molecule is CC(Nc1ncncc1Br)c1ccc(N)cc1. The maximum atomic E-state index is 5.65. The minimum atomic E-state index is 0.154. The lowest BCUT2D eigenvalue weighted by Crippen LogP contribution is -2.08. The number of nitrogens with zero attached hydrogens (tertiary/aromatic N) is 2. The van der Waals surface area contributed by atoms with Gasteiger partial charge in [0.1, 0.15) is 12.1 Å². The molecule has 17 heavy (non-hydrogen) atoms. The lowest BCUT2D eigenvalue weighted by Gasteiger charge is -2.15. The second-order valence-corrected chi connectivity index (χ2v) is 4.61. The van der Waals surface area contributed by atoms with E-state index in [1.165, 1.54) is 6.33 Å². The molecule has 0 saturated carbocycles. The maximum absolute atomic E-state index is 5.65. The summed E-state index contributed by atoms with van der Waals surface area (Å²) in [4.78, 5) is 8.09. The number of rotatable bonds is 3. The molecule has 1 aromatic heterocycles. The Bertz CT molecular complexity index is 498. The highest BCUT2D eigenvalue weighted by Gasteiger charge is 2.07. The van der Waals surface area contributed by atoms with E-state index in [2.05, 4.69) is 38.1 Å². The first-order chi connectivity index (χ1) is 8.16. The molecule has 4 nitrogen and oxygen atoms in total. The van der Waals surface area contributed by atoms with E-state index < -0.39 is 0 Å². The van der Waals surface area contributed by atoms with Crippen molar-refractivity contribution in [2.24, 2.45) is 0 Å². The molecule has 0 aliphatic rings. The standard InChI is InChI=1S/C12H13BrN4/c1-8(9-2-4-10(14)5-3-9)17-12-11(13)6-15-7-16-12/h2-8H,14H2,1H3,(H,15,16,17). The van der Waals surface area contributed by atoms with E-state index in [4.69, 9.17) is 5.73 Å². The van der Waals surface area contributed by atoms with Crippen LogP contribution in [0.2, 0.25) is 0 Å². The number of halogens is 1. The van der Waals surface area contributed by atoms with Crippen molar-refractivity contribution in [2.75, 3.05) is 11.1 Å². The zero-order chi connectivity index (χ0) is 12.3. The monoisotopic (exact) mass is 292 g/mol. The summed E-state index contributed by atoms with van der Waals surface area (Å²) in [5.41, 5.74) is 7.58. The number of hydrogen-bond acceptors (Lipinski definition) is 4. The number of aromatic nitrogens is 2. The molecule has 2 rings (SSSR count). The quantitative estimate of drug-likeness (QED) is 0.854. The predicted octanol–water partition coefficient (Wildman–Crippen LogP) is 2.99. The Morgan fingerprint density at radius 2 is 2.00 bits per heavy atom. The molecule has 0 spiro atoms. The third-order valence-electron chi connectivity index (χ3n) is 2.46. The van der Waals surface area contributed by atoms with Crippen molar-refractivity contribution in [1.82, 2.24) is 9.97 Å². The van der Waals surface area contributed by atoms with Gasteiger partial charge < -0.3 is 11.1 Å². The summed E-state index contributed by atoms with van der Waals surface area (Å²) in [5, 5.41) is 3.31. The van der Waals surface area contributed by atoms with Gasteiger partial charge in [0.2, 0.25) is 0 Å². The van der Waals surface area contributed by atoms with Gasteiger partial charge in [-0.1, -0.05) is 12.1 Å². The van der Waals surface area contributed by atoms with Gasteiger partial charge in [-0.3, -0.25) is 0 Å². The second kappa shape index (κ2) is 5.14. The molecule has 5 heteroatoms. The van der Waals surface area contributed by atoms with Crippen LogP contribution in [0.25, 0.3) is 0 Å². The van der Waals surface area contributed by atoms with Crippen LogP contribution in [0.15, 0.2) is 41.3 Å². The molecule has 0 amide bonds. The average Bonchev–Trinajstić information content (AvgIpc) is 2.33. The lowest BCUT2D eigenvalue weighted by atomic mass is 10.1. The highest BCUT2D eigenvalue weighted by atomic mass is 79.9. The van der Waals surface area contributed by atoms with Gasteiger partial charge in [0.05, 0.1) is 4.47 Å². The molecular formula is C12H13BrN4. The first kappa shape index (κ1) is 11.9. The Hall–Kier alpha value is -1.62. The van der Waals surface area contributed by atoms with E-state index in [0.29, 0.717) is 0 Å². The van der Waals surface area contributed by atoms with Crippen molar-refractivity contribution in [3.05, 3.63) is 46.8 Å². The fourth-order valence-corrected chi connectivity index (χ4v) is 1.83. The number of nitrogens with two attached hydrogens (primary N) is 1. The van der Waals surface area contributed by atoms with Gasteiger partial charge in [-0.25, -0.2) is 9.97 Å². The number of nitrogen functional groups attached to an aromatic ring is 1. The van der Waals surface area contributed by atoms with Gasteiger partial charge in [0.15, 0.2) is 0 Å². The summed E-state index contributed by atoms with van der Waals surface area (Å²) >= 11 is 3.40. The second-order valence-electron chi connectivity index (χ2n) is 3.75. The number of benzene rings is 1. The van der Waals surface area contributed by atoms with Gasteiger partial charge in [0, 0.05) is 17.9 Å². The largest absolute Gasteiger partial charge is 0.399 e. The maximum Gasteiger partial charge on any atom is 0.144 e. The van der Waals surface area contributed by atoms with Crippen molar-refractivity contribution < 1.29 is 0 Å². The average molecular weight is 293 g/mol. The van der Waals surface area contributed by atoms with E-state index in [0.717, 1.165) is 21.5 Å². The van der Waals surface area contributed by atoms with E-state index in [1.54, 1.807) is 6.20 Å². The molecule has 1 atom stereocenters. The first-order valence-corrected chi connectivity index (χ1v) is 6.03. The molecule has 0 radical (unpaired) electrons. The molecule has 0 saturated heterocycles. The Morgan fingerprint density at radius 1 is 1.29 bits per heavy atom. The van der Waals surface area contributed by atoms with Gasteiger partial charge in [0.25, 0.3) is 0 Å². The van der Waals surface area contributed by atoms with Gasteiger partial charge >= 0.3 is 0 Å².